The molecule has 0 aliphatic carbocycles. The average molecular weight is 193 g/mol. The lowest BCUT2D eigenvalue weighted by Crippen LogP contribution is -2.49. The first kappa shape index (κ1) is 9.95. The van der Waals surface area contributed by atoms with Gasteiger partial charge in [0.2, 0.25) is 0 Å². The van der Waals surface area contributed by atoms with Crippen molar-refractivity contribution in [1.29, 1.82) is 0 Å². The molecule has 0 spiro atoms. The van der Waals surface area contributed by atoms with E-state index in [1.54, 1.807) is 0 Å². The molecule has 1 rings (SSSR count). The molecule has 5 heteroatoms. The Balaban J connectivity index is 2.12. The zero-order chi connectivity index (χ0) is 9.19. The van der Waals surface area contributed by atoms with Gasteiger partial charge in [0.05, 0.1) is 5.75 Å². The van der Waals surface area contributed by atoms with Gasteiger partial charge in [-0.15, -0.1) is 0 Å². The Labute approximate surface area is 73.1 Å². The summed E-state index contributed by atoms with van der Waals surface area (Å²) in [5.41, 5.74) is 0. The van der Waals surface area contributed by atoms with Gasteiger partial charge in [-0.1, -0.05) is 0 Å². The zero-order valence-electron chi connectivity index (χ0n) is 7.23. The van der Waals surface area contributed by atoms with Crippen molar-refractivity contribution in [3.8, 4) is 0 Å². The Bertz CT molecular complexity index is 231. The predicted octanol–water partition coefficient (Wildman–Crippen LogP) is -1.04. The molecule has 0 amide bonds. The summed E-state index contributed by atoms with van der Waals surface area (Å²) in [6.07, 6.45) is 1.25. The molecule has 0 aromatic carbocycles. The second kappa shape index (κ2) is 3.72. The molecular weight excluding hydrogens is 178 g/mol. The zero-order valence-corrected chi connectivity index (χ0v) is 8.05. The highest BCUT2D eigenvalue weighted by Crippen LogP contribution is 2.13. The maximum Gasteiger partial charge on any atom is 0.148 e. The van der Waals surface area contributed by atoms with Crippen molar-refractivity contribution < 1.29 is 13.5 Å². The third kappa shape index (κ3) is 3.08. The van der Waals surface area contributed by atoms with Crippen molar-refractivity contribution in [2.24, 2.45) is 5.92 Å². The Morgan fingerprint density at radius 1 is 1.50 bits per heavy atom. The minimum atomic E-state index is -2.82. The fourth-order valence-corrected chi connectivity index (χ4v) is 1.86. The van der Waals surface area contributed by atoms with Gasteiger partial charge in [0.25, 0.3) is 0 Å². The number of aliphatic hydroxyl groups is 1. The van der Waals surface area contributed by atoms with Crippen LogP contribution in [0, 0.1) is 5.92 Å². The van der Waals surface area contributed by atoms with Crippen molar-refractivity contribution in [2.75, 3.05) is 38.2 Å². The van der Waals surface area contributed by atoms with Crippen LogP contribution >= 0.6 is 0 Å². The van der Waals surface area contributed by atoms with E-state index in [9.17, 15) is 8.42 Å². The molecule has 1 saturated heterocycles. The Morgan fingerprint density at radius 3 is 2.50 bits per heavy atom. The lowest BCUT2D eigenvalue weighted by Gasteiger charge is -2.37. The lowest BCUT2D eigenvalue weighted by molar-refractivity contribution is 0.0592. The predicted molar refractivity (Wildman–Crippen MR) is 46.7 cm³/mol. The highest BCUT2D eigenvalue weighted by molar-refractivity contribution is 7.90. The largest absolute Gasteiger partial charge is 0.396 e. The van der Waals surface area contributed by atoms with E-state index in [4.69, 9.17) is 5.11 Å². The third-order valence-electron chi connectivity index (χ3n) is 2.07. The number of hydrogen-bond donors (Lipinski definition) is 1. The minimum absolute atomic E-state index is 0.218. The third-order valence-corrected chi connectivity index (χ3v) is 2.99. The average Bonchev–Trinajstić information content (AvgIpc) is 1.82. The first-order chi connectivity index (χ1) is 5.51. The van der Waals surface area contributed by atoms with E-state index in [0.29, 0.717) is 12.5 Å². The van der Waals surface area contributed by atoms with Gasteiger partial charge < -0.3 is 10.0 Å². The quantitative estimate of drug-likeness (QED) is 0.619. The van der Waals surface area contributed by atoms with E-state index in [-0.39, 0.29) is 12.4 Å². The highest BCUT2D eigenvalue weighted by atomic mass is 32.2. The topological polar surface area (TPSA) is 57.6 Å². The number of likely N-dealkylation sites (tertiary alicyclic amines) is 1. The number of sulfone groups is 1. The summed E-state index contributed by atoms with van der Waals surface area (Å²) in [6, 6.07) is 0. The summed E-state index contributed by atoms with van der Waals surface area (Å²) in [7, 11) is -2.82. The molecule has 1 heterocycles. The highest BCUT2D eigenvalue weighted by Gasteiger charge is 2.25. The van der Waals surface area contributed by atoms with Crippen molar-refractivity contribution in [3.63, 3.8) is 0 Å². The fourth-order valence-electron chi connectivity index (χ4n) is 1.27. The van der Waals surface area contributed by atoms with Crippen LogP contribution in [0.4, 0.5) is 0 Å². The van der Waals surface area contributed by atoms with Crippen LogP contribution in [0.1, 0.15) is 0 Å². The molecule has 1 N–H and O–H groups in total. The van der Waals surface area contributed by atoms with Crippen LogP contribution in [0.5, 0.6) is 0 Å². The van der Waals surface area contributed by atoms with Crippen LogP contribution in [-0.2, 0) is 9.84 Å². The van der Waals surface area contributed by atoms with Crippen molar-refractivity contribution in [1.82, 2.24) is 4.90 Å². The maximum atomic E-state index is 10.8. The van der Waals surface area contributed by atoms with Crippen molar-refractivity contribution in [3.05, 3.63) is 0 Å². The van der Waals surface area contributed by atoms with Crippen LogP contribution in [0.15, 0.2) is 0 Å². The van der Waals surface area contributed by atoms with E-state index >= 15 is 0 Å². The van der Waals surface area contributed by atoms with E-state index in [0.717, 1.165) is 13.1 Å². The van der Waals surface area contributed by atoms with Crippen LogP contribution < -0.4 is 0 Å². The van der Waals surface area contributed by atoms with Gasteiger partial charge in [0, 0.05) is 38.4 Å². The monoisotopic (exact) mass is 193 g/mol. The van der Waals surface area contributed by atoms with Gasteiger partial charge in [-0.05, 0) is 0 Å². The van der Waals surface area contributed by atoms with Gasteiger partial charge in [0.15, 0.2) is 0 Å². The molecule has 72 valence electrons. The molecule has 0 bridgehead atoms. The molecule has 4 nitrogen and oxygen atoms in total. The summed E-state index contributed by atoms with van der Waals surface area (Å²) in [4.78, 5) is 2.04. The maximum absolute atomic E-state index is 10.8. The standard InChI is InChI=1S/C7H15NO3S/c1-12(10,11)3-2-8-4-7(5-8)6-9/h7,9H,2-6H2,1H3. The van der Waals surface area contributed by atoms with Crippen LogP contribution in [0.2, 0.25) is 0 Å². The lowest BCUT2D eigenvalue weighted by atomic mass is 10.0. The van der Waals surface area contributed by atoms with Gasteiger partial charge in [-0.25, -0.2) is 8.42 Å². The molecule has 0 radical (unpaired) electrons. The summed E-state index contributed by atoms with van der Waals surface area (Å²) < 4.78 is 21.5. The van der Waals surface area contributed by atoms with Gasteiger partial charge >= 0.3 is 0 Å². The first-order valence-corrected chi connectivity index (χ1v) is 6.08. The Hall–Kier alpha value is -0.130. The fraction of sp³-hybridized carbons (Fsp3) is 1.00. The summed E-state index contributed by atoms with van der Waals surface area (Å²) in [5, 5.41) is 8.69. The van der Waals surface area contributed by atoms with Crippen LogP contribution in [0.3, 0.4) is 0 Å². The number of aliphatic hydroxyl groups excluding tert-OH is 1. The molecule has 0 unspecified atom stereocenters. The second-order valence-electron chi connectivity index (χ2n) is 3.44. The number of hydrogen-bond acceptors (Lipinski definition) is 4. The van der Waals surface area contributed by atoms with Crippen LogP contribution in [0.25, 0.3) is 0 Å². The summed E-state index contributed by atoms with van der Waals surface area (Å²) in [5.74, 6) is 0.593. The number of nitrogens with zero attached hydrogens (tertiary/aromatic N) is 1. The van der Waals surface area contributed by atoms with Gasteiger partial charge in [-0.2, -0.15) is 0 Å². The normalized spacial score (nSPS) is 20.8. The van der Waals surface area contributed by atoms with Crippen molar-refractivity contribution in [2.45, 2.75) is 0 Å². The van der Waals surface area contributed by atoms with E-state index < -0.39 is 9.84 Å². The first-order valence-electron chi connectivity index (χ1n) is 4.02. The summed E-state index contributed by atoms with van der Waals surface area (Å²) in [6.45, 7) is 2.50. The van der Waals surface area contributed by atoms with Gasteiger partial charge in [0.1, 0.15) is 9.84 Å². The second-order valence-corrected chi connectivity index (χ2v) is 5.70. The van der Waals surface area contributed by atoms with E-state index in [2.05, 4.69) is 0 Å². The van der Waals surface area contributed by atoms with Gasteiger partial charge in [-0.3, -0.25) is 0 Å². The summed E-state index contributed by atoms with van der Waals surface area (Å²) >= 11 is 0. The molecule has 1 aliphatic rings. The van der Waals surface area contributed by atoms with Crippen LogP contribution in [-0.4, -0.2) is 56.7 Å². The smallest absolute Gasteiger partial charge is 0.148 e. The molecule has 0 atom stereocenters. The number of rotatable bonds is 4. The molecular formula is C7H15NO3S. The molecule has 1 aliphatic heterocycles. The van der Waals surface area contributed by atoms with E-state index in [1.165, 1.54) is 6.26 Å². The molecule has 0 aromatic heterocycles. The van der Waals surface area contributed by atoms with Crippen molar-refractivity contribution >= 4 is 9.84 Å². The molecule has 1 fully saturated rings. The molecule has 0 saturated carbocycles. The minimum Gasteiger partial charge on any atom is -0.396 e. The molecule has 12 heavy (non-hydrogen) atoms. The Morgan fingerprint density at radius 2 is 2.08 bits per heavy atom. The SMILES string of the molecule is CS(=O)(=O)CCN1CC(CO)C1. The Kier molecular flexibility index (Phi) is 3.09. The van der Waals surface area contributed by atoms with E-state index in [1.807, 2.05) is 4.90 Å². The molecule has 0 aromatic rings.